The molecule has 2 aliphatic carbocycles. The quantitative estimate of drug-likeness (QED) is 0.244. The Morgan fingerprint density at radius 1 is 0.469 bits per heavy atom. The van der Waals surface area contributed by atoms with E-state index in [1.165, 1.54) is 22.5 Å². The molecule has 2 saturated heterocycles. The van der Waals surface area contributed by atoms with Crippen molar-refractivity contribution < 1.29 is 14.3 Å². The number of hydrogen-bond donors (Lipinski definition) is 0. The normalized spacial score (nSPS) is 23.8. The summed E-state index contributed by atoms with van der Waals surface area (Å²) in [5.74, 6) is -0.234. The van der Waals surface area contributed by atoms with Gasteiger partial charge in [-0.05, 0) is 72.2 Å². The molecule has 2 aliphatic heterocycles. The molecule has 252 valence electrons. The maximum Gasteiger partial charge on any atom is 0.228 e. The molecule has 7 nitrogen and oxygen atoms in total. The van der Waals surface area contributed by atoms with Gasteiger partial charge in [0, 0.05) is 63.7 Å². The number of hydrogen-bond acceptors (Lipinski definition) is 5. The molecule has 2 fully saturated rings. The number of benzene rings is 4. The molecule has 2 heterocycles. The minimum atomic E-state index is -0.411. The van der Waals surface area contributed by atoms with Crippen LogP contribution in [0.25, 0.3) is 0 Å². The number of piperazine rings is 2. The molecule has 8 rings (SSSR count). The first-order valence-electron chi connectivity index (χ1n) is 18.1. The van der Waals surface area contributed by atoms with Crippen LogP contribution in [0.5, 0.6) is 0 Å². The van der Waals surface area contributed by atoms with E-state index in [9.17, 15) is 9.59 Å². The molecule has 4 aromatic rings. The summed E-state index contributed by atoms with van der Waals surface area (Å²) in [6.07, 6.45) is 2.37. The van der Waals surface area contributed by atoms with Crippen molar-refractivity contribution in [3.8, 4) is 0 Å². The Labute approximate surface area is 290 Å². The van der Waals surface area contributed by atoms with E-state index in [0.29, 0.717) is 26.2 Å². The van der Waals surface area contributed by atoms with Gasteiger partial charge in [0.05, 0.1) is 24.0 Å². The van der Waals surface area contributed by atoms with Gasteiger partial charge in [0.15, 0.2) is 0 Å². The van der Waals surface area contributed by atoms with Gasteiger partial charge in [0.2, 0.25) is 11.8 Å². The number of ether oxygens (including phenoxy) is 1. The van der Waals surface area contributed by atoms with Gasteiger partial charge in [-0.2, -0.15) is 0 Å². The van der Waals surface area contributed by atoms with Gasteiger partial charge in [0.1, 0.15) is 0 Å². The second-order valence-corrected chi connectivity index (χ2v) is 14.0. The first-order valence-corrected chi connectivity index (χ1v) is 18.1. The Hall–Kier alpha value is -4.62. The second-order valence-electron chi connectivity index (χ2n) is 14.0. The predicted octanol–water partition coefficient (Wildman–Crippen LogP) is 6.31. The number of fused-ring (bicyclic) bond motifs is 2. The van der Waals surface area contributed by atoms with Crippen LogP contribution in [-0.4, -0.2) is 74.0 Å². The van der Waals surface area contributed by atoms with Crippen molar-refractivity contribution in [2.24, 2.45) is 11.8 Å². The fourth-order valence-corrected chi connectivity index (χ4v) is 8.55. The Morgan fingerprint density at radius 3 is 1.24 bits per heavy atom. The number of nitrogens with zero attached hydrogens (tertiary/aromatic N) is 4. The van der Waals surface area contributed by atoms with Crippen molar-refractivity contribution in [2.75, 3.05) is 62.2 Å². The highest BCUT2D eigenvalue weighted by molar-refractivity contribution is 5.81. The van der Waals surface area contributed by atoms with Crippen LogP contribution in [0.15, 0.2) is 109 Å². The van der Waals surface area contributed by atoms with Gasteiger partial charge < -0.3 is 24.3 Å². The fourth-order valence-electron chi connectivity index (χ4n) is 8.55. The van der Waals surface area contributed by atoms with Gasteiger partial charge in [-0.1, -0.05) is 84.9 Å². The lowest BCUT2D eigenvalue weighted by atomic mass is 9.78. The van der Waals surface area contributed by atoms with Crippen LogP contribution >= 0.6 is 0 Å². The standard InChI is InChI=1S/C42H46N4O3/c47-41(45-27-23-43(24-28-45)33-13-3-1-4-14-33)37-21-19-31-11-7-9-17-35(31)39(37)49-40-36-18-10-8-12-32(36)20-22-38(40)42(48)46-29-25-44(26-30-46)34-15-5-2-6-16-34/h1-18,37-40H,19-30H2. The van der Waals surface area contributed by atoms with Gasteiger partial charge in [0.25, 0.3) is 0 Å². The largest absolute Gasteiger partial charge is 0.368 e. The fraction of sp³-hybridized carbons (Fsp3) is 0.381. The van der Waals surface area contributed by atoms with Gasteiger partial charge in [-0.3, -0.25) is 9.59 Å². The van der Waals surface area contributed by atoms with Crippen LogP contribution in [0.2, 0.25) is 0 Å². The van der Waals surface area contributed by atoms with E-state index in [1.54, 1.807) is 0 Å². The highest BCUT2D eigenvalue weighted by Gasteiger charge is 2.44. The summed E-state index contributed by atoms with van der Waals surface area (Å²) in [5.41, 5.74) is 7.09. The minimum Gasteiger partial charge on any atom is -0.368 e. The number of carbonyl (C=O) groups is 2. The zero-order valence-corrected chi connectivity index (χ0v) is 28.2. The molecular weight excluding hydrogens is 608 g/mol. The third-order valence-electron chi connectivity index (χ3n) is 11.3. The number of amides is 2. The molecule has 4 aromatic carbocycles. The van der Waals surface area contributed by atoms with Crippen LogP contribution in [-0.2, 0) is 27.2 Å². The van der Waals surface area contributed by atoms with Gasteiger partial charge in [-0.15, -0.1) is 0 Å². The minimum absolute atomic E-state index is 0.177. The topological polar surface area (TPSA) is 56.3 Å². The predicted molar refractivity (Wildman–Crippen MR) is 194 cm³/mol. The molecule has 4 unspecified atom stereocenters. The number of carbonyl (C=O) groups excluding carboxylic acids is 2. The molecule has 0 aromatic heterocycles. The summed E-state index contributed by atoms with van der Waals surface area (Å²) < 4.78 is 7.30. The molecule has 0 saturated carbocycles. The van der Waals surface area contributed by atoms with E-state index >= 15 is 0 Å². The third-order valence-corrected chi connectivity index (χ3v) is 11.3. The van der Waals surface area contributed by atoms with Crippen LogP contribution in [0.1, 0.15) is 47.3 Å². The van der Waals surface area contributed by atoms with E-state index < -0.39 is 12.2 Å². The van der Waals surface area contributed by atoms with Gasteiger partial charge >= 0.3 is 0 Å². The molecule has 2 amide bonds. The Morgan fingerprint density at radius 2 is 0.837 bits per heavy atom. The van der Waals surface area contributed by atoms with Crippen molar-refractivity contribution in [2.45, 2.75) is 37.9 Å². The number of aryl methyl sites for hydroxylation is 2. The lowest BCUT2D eigenvalue weighted by molar-refractivity contribution is -0.155. The van der Waals surface area contributed by atoms with E-state index in [-0.39, 0.29) is 23.7 Å². The van der Waals surface area contributed by atoms with Crippen LogP contribution in [0.4, 0.5) is 11.4 Å². The lowest BCUT2D eigenvalue weighted by Crippen LogP contribution is -2.52. The van der Waals surface area contributed by atoms with E-state index in [2.05, 4.69) is 117 Å². The highest BCUT2D eigenvalue weighted by atomic mass is 16.5. The molecule has 4 atom stereocenters. The first kappa shape index (κ1) is 31.6. The smallest absolute Gasteiger partial charge is 0.228 e. The van der Waals surface area contributed by atoms with Gasteiger partial charge in [-0.25, -0.2) is 0 Å². The third kappa shape index (κ3) is 6.44. The number of anilines is 2. The Kier molecular flexibility index (Phi) is 9.09. The summed E-state index contributed by atoms with van der Waals surface area (Å²) in [6, 6.07) is 37.8. The zero-order valence-electron chi connectivity index (χ0n) is 28.2. The summed E-state index contributed by atoms with van der Waals surface area (Å²) in [7, 11) is 0. The maximum absolute atomic E-state index is 14.5. The van der Waals surface area contributed by atoms with E-state index in [0.717, 1.165) is 63.0 Å². The lowest BCUT2D eigenvalue weighted by Gasteiger charge is -2.44. The zero-order chi connectivity index (χ0) is 33.2. The molecule has 7 heteroatoms. The number of para-hydroxylation sites is 2. The van der Waals surface area contributed by atoms with Crippen LogP contribution in [0.3, 0.4) is 0 Å². The van der Waals surface area contributed by atoms with Crippen molar-refractivity contribution >= 4 is 23.2 Å². The number of rotatable bonds is 6. The molecule has 0 N–H and O–H groups in total. The maximum atomic E-state index is 14.5. The summed E-state index contributed by atoms with van der Waals surface area (Å²) >= 11 is 0. The van der Waals surface area contributed by atoms with Crippen molar-refractivity contribution in [1.29, 1.82) is 0 Å². The van der Waals surface area contributed by atoms with Crippen molar-refractivity contribution in [1.82, 2.24) is 9.80 Å². The van der Waals surface area contributed by atoms with E-state index in [1.807, 2.05) is 12.1 Å². The summed E-state index contributed by atoms with van der Waals surface area (Å²) in [4.78, 5) is 37.8. The molecule has 0 spiro atoms. The van der Waals surface area contributed by atoms with Crippen LogP contribution < -0.4 is 9.80 Å². The molecule has 4 aliphatic rings. The Balaban J connectivity index is 1.04. The van der Waals surface area contributed by atoms with Crippen molar-refractivity contribution in [3.63, 3.8) is 0 Å². The van der Waals surface area contributed by atoms with E-state index in [4.69, 9.17) is 4.74 Å². The van der Waals surface area contributed by atoms with Crippen LogP contribution in [0, 0.1) is 11.8 Å². The summed E-state index contributed by atoms with van der Waals surface area (Å²) in [6.45, 7) is 6.04. The SMILES string of the molecule is O=C(C1CCc2ccccc2C1OC1c2ccccc2CCC1C(=O)N1CCN(c2ccccc2)CC1)N1CCN(c2ccccc2)CC1. The Bertz CT molecular complexity index is 1620. The highest BCUT2D eigenvalue weighted by Crippen LogP contribution is 2.46. The molecule has 0 bridgehead atoms. The van der Waals surface area contributed by atoms with Crippen molar-refractivity contribution in [3.05, 3.63) is 131 Å². The summed E-state index contributed by atoms with van der Waals surface area (Å²) in [5, 5.41) is 0. The molecule has 0 radical (unpaired) electrons. The first-order chi connectivity index (χ1) is 24.1. The average molecular weight is 655 g/mol. The monoisotopic (exact) mass is 654 g/mol. The average Bonchev–Trinajstić information content (AvgIpc) is 3.18. The second kappa shape index (κ2) is 14.1. The molecular formula is C42H46N4O3. The molecule has 49 heavy (non-hydrogen) atoms.